The molecule has 0 saturated carbocycles. The third-order valence-electron chi connectivity index (χ3n) is 4.32. The zero-order chi connectivity index (χ0) is 20.2. The third kappa shape index (κ3) is 4.40. The van der Waals surface area contributed by atoms with Crippen LogP contribution in [0.15, 0.2) is 51.5 Å². The van der Waals surface area contributed by atoms with Crippen molar-refractivity contribution in [3.63, 3.8) is 0 Å². The summed E-state index contributed by atoms with van der Waals surface area (Å²) in [6.07, 6.45) is 2.28. The molecule has 4 aromatic rings. The van der Waals surface area contributed by atoms with Crippen LogP contribution in [-0.4, -0.2) is 39.5 Å². The predicted octanol–water partition coefficient (Wildman–Crippen LogP) is 3.06. The zero-order valence-corrected chi connectivity index (χ0v) is 16.4. The molecule has 1 aromatic carbocycles. The number of nitrogens with zero attached hydrogens (tertiary/aromatic N) is 6. The lowest BCUT2D eigenvalue weighted by Crippen LogP contribution is -2.17. The quantitative estimate of drug-likeness (QED) is 0.469. The molecule has 9 nitrogen and oxygen atoms in total. The van der Waals surface area contributed by atoms with Crippen LogP contribution in [0.3, 0.4) is 0 Å². The fraction of sp³-hybridized carbons (Fsp3) is 0.250. The molecule has 9 heteroatoms. The fourth-order valence-corrected chi connectivity index (χ4v) is 2.79. The van der Waals surface area contributed by atoms with Gasteiger partial charge in [-0.25, -0.2) is 4.98 Å². The van der Waals surface area contributed by atoms with Gasteiger partial charge in [-0.3, -0.25) is 0 Å². The summed E-state index contributed by atoms with van der Waals surface area (Å²) >= 11 is 0. The highest BCUT2D eigenvalue weighted by atomic mass is 16.5. The van der Waals surface area contributed by atoms with Gasteiger partial charge in [0.05, 0.1) is 19.2 Å². The molecule has 29 heavy (non-hydrogen) atoms. The fourth-order valence-electron chi connectivity index (χ4n) is 2.79. The highest BCUT2D eigenvalue weighted by Crippen LogP contribution is 2.21. The highest BCUT2D eigenvalue weighted by Gasteiger charge is 2.12. The number of rotatable bonds is 7. The molecular weight excluding hydrogens is 372 g/mol. The first kappa shape index (κ1) is 18.6. The zero-order valence-electron chi connectivity index (χ0n) is 16.4. The number of aryl methyl sites for hydroxylation is 1. The summed E-state index contributed by atoms with van der Waals surface area (Å²) in [4.78, 5) is 10.8. The van der Waals surface area contributed by atoms with Crippen LogP contribution in [0.25, 0.3) is 11.5 Å². The van der Waals surface area contributed by atoms with Crippen molar-refractivity contribution in [3.05, 3.63) is 65.8 Å². The molecule has 0 aliphatic heterocycles. The number of hydrogen-bond donors (Lipinski definition) is 0. The van der Waals surface area contributed by atoms with E-state index in [0.29, 0.717) is 36.5 Å². The van der Waals surface area contributed by atoms with Crippen molar-refractivity contribution in [2.24, 2.45) is 0 Å². The van der Waals surface area contributed by atoms with E-state index in [-0.39, 0.29) is 0 Å². The second-order valence-electron chi connectivity index (χ2n) is 6.52. The topological polar surface area (TPSA) is 103 Å². The van der Waals surface area contributed by atoms with Crippen LogP contribution < -0.4 is 9.64 Å². The van der Waals surface area contributed by atoms with Gasteiger partial charge < -0.3 is 18.6 Å². The Morgan fingerprint density at radius 3 is 2.55 bits per heavy atom. The average molecular weight is 392 g/mol. The Kier molecular flexibility index (Phi) is 5.19. The number of benzene rings is 1. The summed E-state index contributed by atoms with van der Waals surface area (Å²) in [5, 5.41) is 11.9. The minimum Gasteiger partial charge on any atom is -0.497 e. The Hall–Kier alpha value is -3.75. The van der Waals surface area contributed by atoms with E-state index in [0.717, 1.165) is 22.7 Å². The minimum absolute atomic E-state index is 0.433. The molecule has 0 atom stereocenters. The average Bonchev–Trinajstić information content (AvgIpc) is 3.37. The van der Waals surface area contributed by atoms with Crippen molar-refractivity contribution in [3.8, 4) is 17.2 Å². The van der Waals surface area contributed by atoms with Crippen LogP contribution in [0.5, 0.6) is 5.75 Å². The molecule has 0 unspecified atom stereocenters. The van der Waals surface area contributed by atoms with Gasteiger partial charge in [-0.1, -0.05) is 17.3 Å². The Morgan fingerprint density at radius 1 is 1.07 bits per heavy atom. The molecule has 0 bridgehead atoms. The first-order valence-electron chi connectivity index (χ1n) is 9.03. The van der Waals surface area contributed by atoms with Gasteiger partial charge in [0.25, 0.3) is 5.89 Å². The van der Waals surface area contributed by atoms with Crippen LogP contribution in [0.4, 0.5) is 5.82 Å². The van der Waals surface area contributed by atoms with E-state index in [9.17, 15) is 0 Å². The van der Waals surface area contributed by atoms with Crippen LogP contribution in [0.2, 0.25) is 0 Å². The van der Waals surface area contributed by atoms with Crippen molar-refractivity contribution in [2.75, 3.05) is 19.1 Å². The van der Waals surface area contributed by atoms with Gasteiger partial charge in [0.1, 0.15) is 11.6 Å². The van der Waals surface area contributed by atoms with Crippen molar-refractivity contribution < 1.29 is 13.7 Å². The van der Waals surface area contributed by atoms with E-state index in [4.69, 9.17) is 13.7 Å². The second kappa shape index (κ2) is 8.09. The highest BCUT2D eigenvalue weighted by molar-refractivity contribution is 5.54. The molecule has 0 aliphatic carbocycles. The van der Waals surface area contributed by atoms with Crippen LogP contribution in [0.1, 0.15) is 23.2 Å². The molecule has 0 spiro atoms. The third-order valence-corrected chi connectivity index (χ3v) is 4.32. The summed E-state index contributed by atoms with van der Waals surface area (Å²) in [5.41, 5.74) is 1.83. The van der Waals surface area contributed by atoms with Gasteiger partial charge >= 0.3 is 0 Å². The normalized spacial score (nSPS) is 10.9. The molecule has 3 heterocycles. The number of pyridine rings is 1. The molecule has 4 rings (SSSR count). The number of methoxy groups -OCH3 is 1. The van der Waals surface area contributed by atoms with Crippen molar-refractivity contribution in [2.45, 2.75) is 19.9 Å². The van der Waals surface area contributed by atoms with E-state index < -0.39 is 0 Å². The number of aromatic nitrogens is 5. The van der Waals surface area contributed by atoms with Gasteiger partial charge in [-0.05, 0) is 29.8 Å². The number of hydrogen-bond acceptors (Lipinski definition) is 9. The summed E-state index contributed by atoms with van der Waals surface area (Å²) in [7, 11) is 3.55. The molecule has 0 fully saturated rings. The summed E-state index contributed by atoms with van der Waals surface area (Å²) in [6, 6.07) is 11.5. The molecule has 0 radical (unpaired) electrons. The van der Waals surface area contributed by atoms with Gasteiger partial charge in [-0.2, -0.15) is 4.98 Å². The first-order valence-corrected chi connectivity index (χ1v) is 9.03. The van der Waals surface area contributed by atoms with E-state index in [2.05, 4.69) is 25.3 Å². The number of anilines is 1. The maximum atomic E-state index is 5.40. The molecule has 0 N–H and O–H groups in total. The summed E-state index contributed by atoms with van der Waals surface area (Å²) in [5.74, 6) is 3.70. The SMILES string of the molecule is COc1ccc(Cc2noc(-c3ccc(N(C)Cc4nnc(C)o4)nc3)n2)cc1. The molecule has 0 saturated heterocycles. The van der Waals surface area contributed by atoms with Crippen molar-refractivity contribution >= 4 is 5.82 Å². The Labute approximate surface area is 167 Å². The first-order chi connectivity index (χ1) is 14.1. The lowest BCUT2D eigenvalue weighted by Gasteiger charge is -2.15. The molecule has 0 amide bonds. The Bertz CT molecular complexity index is 1070. The Morgan fingerprint density at radius 2 is 1.90 bits per heavy atom. The molecule has 3 aromatic heterocycles. The van der Waals surface area contributed by atoms with E-state index in [1.54, 1.807) is 20.2 Å². The summed E-state index contributed by atoms with van der Waals surface area (Å²) in [6.45, 7) is 2.23. The van der Waals surface area contributed by atoms with Crippen LogP contribution in [-0.2, 0) is 13.0 Å². The lowest BCUT2D eigenvalue weighted by atomic mass is 10.1. The van der Waals surface area contributed by atoms with Crippen LogP contribution in [0, 0.1) is 6.92 Å². The van der Waals surface area contributed by atoms with Gasteiger partial charge in [-0.15, -0.1) is 10.2 Å². The lowest BCUT2D eigenvalue weighted by molar-refractivity contribution is 0.414. The van der Waals surface area contributed by atoms with E-state index in [1.165, 1.54) is 0 Å². The smallest absolute Gasteiger partial charge is 0.259 e. The van der Waals surface area contributed by atoms with Gasteiger partial charge in [0, 0.05) is 26.6 Å². The maximum absolute atomic E-state index is 5.40. The van der Waals surface area contributed by atoms with Gasteiger partial charge in [0.2, 0.25) is 11.8 Å². The van der Waals surface area contributed by atoms with E-state index >= 15 is 0 Å². The molecule has 0 aliphatic rings. The predicted molar refractivity (Wildman–Crippen MR) is 104 cm³/mol. The standard InChI is InChI=1S/C20H20N6O3/c1-13-23-24-19(28-13)12-26(2)18-9-6-15(11-21-18)20-22-17(25-29-20)10-14-4-7-16(27-3)8-5-14/h4-9,11H,10,12H2,1-3H3. The number of ether oxygens (including phenoxy) is 1. The molecule has 148 valence electrons. The van der Waals surface area contributed by atoms with E-state index in [1.807, 2.05) is 48.3 Å². The van der Waals surface area contributed by atoms with Crippen molar-refractivity contribution in [1.82, 2.24) is 25.3 Å². The Balaban J connectivity index is 1.42. The van der Waals surface area contributed by atoms with Crippen molar-refractivity contribution in [1.29, 1.82) is 0 Å². The largest absolute Gasteiger partial charge is 0.497 e. The summed E-state index contributed by atoms with van der Waals surface area (Å²) < 4.78 is 16.0. The second-order valence-corrected chi connectivity index (χ2v) is 6.52. The minimum atomic E-state index is 0.433. The maximum Gasteiger partial charge on any atom is 0.259 e. The van der Waals surface area contributed by atoms with Gasteiger partial charge in [0.15, 0.2) is 5.82 Å². The monoisotopic (exact) mass is 392 g/mol. The van der Waals surface area contributed by atoms with Crippen LogP contribution >= 0.6 is 0 Å². The molecular formula is C20H20N6O3.